The lowest BCUT2D eigenvalue weighted by atomic mass is 9.98. The molecule has 0 spiro atoms. The maximum atomic E-state index is 5.67. The van der Waals surface area contributed by atoms with Gasteiger partial charge in [0.2, 0.25) is 0 Å². The lowest BCUT2D eigenvalue weighted by Crippen LogP contribution is -2.17. The molecule has 0 bridgehead atoms. The summed E-state index contributed by atoms with van der Waals surface area (Å²) in [6.45, 7) is 0. The smallest absolute Gasteiger partial charge is 0.0651 e. The minimum absolute atomic E-state index is 0.208. The van der Waals surface area contributed by atoms with Crippen LogP contribution in [0.3, 0.4) is 0 Å². The van der Waals surface area contributed by atoms with E-state index in [0.29, 0.717) is 0 Å². The molecule has 0 radical (unpaired) electrons. The molecule has 0 aliphatic heterocycles. The van der Waals surface area contributed by atoms with Crippen LogP contribution >= 0.6 is 0 Å². The minimum atomic E-state index is 0.208. The second-order valence-electron chi connectivity index (χ2n) is 5.81. The first-order valence-electron chi connectivity index (χ1n) is 8.06. The molecule has 3 rings (SSSR count). The Morgan fingerprint density at radius 3 is 1.65 bits per heavy atom. The van der Waals surface area contributed by atoms with Crippen molar-refractivity contribution in [3.05, 3.63) is 96.1 Å². The summed E-state index contributed by atoms with van der Waals surface area (Å²) < 4.78 is 5.67. The van der Waals surface area contributed by atoms with Crippen molar-refractivity contribution in [3.8, 4) is 11.1 Å². The van der Waals surface area contributed by atoms with E-state index in [9.17, 15) is 0 Å². The van der Waals surface area contributed by atoms with Crippen LogP contribution in [0.2, 0.25) is 0 Å². The van der Waals surface area contributed by atoms with Crippen LogP contribution in [0.4, 0.5) is 0 Å². The molecule has 23 heavy (non-hydrogen) atoms. The third kappa shape index (κ3) is 4.30. The number of rotatable bonds is 6. The number of ether oxygens (including phenoxy) is 1. The van der Waals surface area contributed by atoms with Crippen molar-refractivity contribution < 1.29 is 4.74 Å². The summed E-state index contributed by atoms with van der Waals surface area (Å²) in [5.41, 5.74) is 5.14. The van der Waals surface area contributed by atoms with Crippen molar-refractivity contribution in [2.45, 2.75) is 18.9 Å². The molecule has 0 heterocycles. The molecule has 3 aromatic carbocycles. The molecular formula is C22H22O. The molecule has 0 fully saturated rings. The van der Waals surface area contributed by atoms with Crippen molar-refractivity contribution in [2.75, 3.05) is 7.11 Å². The molecule has 1 heteroatoms. The second-order valence-corrected chi connectivity index (χ2v) is 5.81. The second kappa shape index (κ2) is 7.75. The summed E-state index contributed by atoms with van der Waals surface area (Å²) in [7, 11) is 1.80. The van der Waals surface area contributed by atoms with Gasteiger partial charge in [-0.05, 0) is 35.1 Å². The lowest BCUT2D eigenvalue weighted by Gasteiger charge is -2.16. The van der Waals surface area contributed by atoms with Crippen LogP contribution in [0.5, 0.6) is 0 Å². The van der Waals surface area contributed by atoms with Crippen LogP contribution in [-0.2, 0) is 17.6 Å². The van der Waals surface area contributed by atoms with Gasteiger partial charge in [-0.15, -0.1) is 0 Å². The molecular weight excluding hydrogens is 280 g/mol. The third-order valence-corrected chi connectivity index (χ3v) is 4.16. The first-order valence-corrected chi connectivity index (χ1v) is 8.06. The molecule has 0 aliphatic carbocycles. The highest BCUT2D eigenvalue weighted by Gasteiger charge is 2.10. The van der Waals surface area contributed by atoms with Gasteiger partial charge in [-0.2, -0.15) is 0 Å². The quantitative estimate of drug-likeness (QED) is 0.611. The number of benzene rings is 3. The summed E-state index contributed by atoms with van der Waals surface area (Å²) in [6.07, 6.45) is 2.08. The Kier molecular flexibility index (Phi) is 5.23. The molecule has 3 aromatic rings. The van der Waals surface area contributed by atoms with Crippen LogP contribution in [-0.4, -0.2) is 13.2 Å². The fourth-order valence-electron chi connectivity index (χ4n) is 2.84. The molecule has 0 aromatic heterocycles. The predicted molar refractivity (Wildman–Crippen MR) is 96.5 cm³/mol. The zero-order valence-corrected chi connectivity index (χ0v) is 13.5. The maximum absolute atomic E-state index is 5.67. The first kappa shape index (κ1) is 15.5. The topological polar surface area (TPSA) is 9.23 Å². The van der Waals surface area contributed by atoms with Crippen molar-refractivity contribution >= 4 is 0 Å². The molecule has 1 unspecified atom stereocenters. The highest BCUT2D eigenvalue weighted by atomic mass is 16.5. The van der Waals surface area contributed by atoms with Gasteiger partial charge in [-0.3, -0.25) is 0 Å². The monoisotopic (exact) mass is 302 g/mol. The van der Waals surface area contributed by atoms with Crippen LogP contribution < -0.4 is 0 Å². The van der Waals surface area contributed by atoms with Crippen molar-refractivity contribution in [2.24, 2.45) is 0 Å². The highest BCUT2D eigenvalue weighted by molar-refractivity contribution is 5.63. The van der Waals surface area contributed by atoms with Crippen LogP contribution in [0.1, 0.15) is 11.1 Å². The number of hydrogen-bond acceptors (Lipinski definition) is 1. The number of methoxy groups -OCH3 is 1. The van der Waals surface area contributed by atoms with E-state index < -0.39 is 0 Å². The minimum Gasteiger partial charge on any atom is -0.381 e. The van der Waals surface area contributed by atoms with Gasteiger partial charge < -0.3 is 4.74 Å². The largest absolute Gasteiger partial charge is 0.381 e. The summed E-state index contributed by atoms with van der Waals surface area (Å²) in [6, 6.07) is 29.8. The predicted octanol–water partition coefficient (Wildman–Crippen LogP) is 5.15. The lowest BCUT2D eigenvalue weighted by molar-refractivity contribution is 0.103. The Labute approximate surface area is 138 Å². The third-order valence-electron chi connectivity index (χ3n) is 4.16. The van der Waals surface area contributed by atoms with E-state index in [2.05, 4.69) is 72.8 Å². The van der Waals surface area contributed by atoms with Gasteiger partial charge in [0, 0.05) is 7.11 Å². The van der Waals surface area contributed by atoms with Gasteiger partial charge >= 0.3 is 0 Å². The first-order chi connectivity index (χ1) is 11.3. The average molecular weight is 302 g/mol. The molecule has 116 valence electrons. The molecule has 0 N–H and O–H groups in total. The Morgan fingerprint density at radius 2 is 1.09 bits per heavy atom. The summed E-state index contributed by atoms with van der Waals surface area (Å²) >= 11 is 0. The van der Waals surface area contributed by atoms with Crippen molar-refractivity contribution in [1.82, 2.24) is 0 Å². The zero-order chi connectivity index (χ0) is 15.9. The SMILES string of the molecule is COC(Cc1ccccc1)Cc1ccc(-c2ccccc2)cc1. The van der Waals surface area contributed by atoms with E-state index in [4.69, 9.17) is 4.74 Å². The van der Waals surface area contributed by atoms with Crippen molar-refractivity contribution in [1.29, 1.82) is 0 Å². The Balaban J connectivity index is 1.67. The van der Waals surface area contributed by atoms with E-state index in [0.717, 1.165) is 12.8 Å². The van der Waals surface area contributed by atoms with Crippen LogP contribution in [0.25, 0.3) is 11.1 Å². The maximum Gasteiger partial charge on any atom is 0.0651 e. The van der Waals surface area contributed by atoms with Gasteiger partial charge in [0.05, 0.1) is 6.10 Å². The molecule has 0 saturated carbocycles. The molecule has 0 saturated heterocycles. The molecule has 0 aliphatic rings. The van der Waals surface area contributed by atoms with Crippen molar-refractivity contribution in [3.63, 3.8) is 0 Å². The summed E-state index contributed by atoms with van der Waals surface area (Å²) in [4.78, 5) is 0. The van der Waals surface area contributed by atoms with E-state index >= 15 is 0 Å². The average Bonchev–Trinajstić information content (AvgIpc) is 2.63. The summed E-state index contributed by atoms with van der Waals surface area (Å²) in [5.74, 6) is 0. The molecule has 1 atom stereocenters. The fourth-order valence-corrected chi connectivity index (χ4v) is 2.84. The van der Waals surface area contributed by atoms with E-state index in [1.54, 1.807) is 7.11 Å². The number of hydrogen-bond donors (Lipinski definition) is 0. The fraction of sp³-hybridized carbons (Fsp3) is 0.182. The van der Waals surface area contributed by atoms with E-state index in [1.165, 1.54) is 22.3 Å². The van der Waals surface area contributed by atoms with Gasteiger partial charge in [0.15, 0.2) is 0 Å². The zero-order valence-electron chi connectivity index (χ0n) is 13.5. The Bertz CT molecular complexity index is 702. The molecule has 0 amide bonds. The highest BCUT2D eigenvalue weighted by Crippen LogP contribution is 2.20. The van der Waals surface area contributed by atoms with Crippen LogP contribution in [0, 0.1) is 0 Å². The van der Waals surface area contributed by atoms with E-state index in [-0.39, 0.29) is 6.10 Å². The van der Waals surface area contributed by atoms with Crippen LogP contribution in [0.15, 0.2) is 84.9 Å². The summed E-state index contributed by atoms with van der Waals surface area (Å²) in [5, 5.41) is 0. The standard InChI is InChI=1S/C22H22O/c1-23-22(16-18-8-4-2-5-9-18)17-19-12-14-21(15-13-19)20-10-6-3-7-11-20/h2-15,22H,16-17H2,1H3. The van der Waals surface area contributed by atoms with Gasteiger partial charge in [-0.1, -0.05) is 84.9 Å². The van der Waals surface area contributed by atoms with Gasteiger partial charge in [0.1, 0.15) is 0 Å². The van der Waals surface area contributed by atoms with E-state index in [1.807, 2.05) is 12.1 Å². The Hall–Kier alpha value is -2.38. The normalized spacial score (nSPS) is 12.0. The van der Waals surface area contributed by atoms with Gasteiger partial charge in [-0.25, -0.2) is 0 Å². The Morgan fingerprint density at radius 1 is 0.609 bits per heavy atom. The van der Waals surface area contributed by atoms with Gasteiger partial charge in [0.25, 0.3) is 0 Å². The molecule has 1 nitrogen and oxygen atoms in total.